The van der Waals surface area contributed by atoms with Crippen molar-refractivity contribution in [3.8, 4) is 11.5 Å². The van der Waals surface area contributed by atoms with Crippen LogP contribution in [-0.2, 0) is 0 Å². The molecule has 0 spiro atoms. The number of aromatic hydroxyl groups is 2. The number of hydrogen-bond donors (Lipinski definition) is 3. The van der Waals surface area contributed by atoms with Crippen molar-refractivity contribution >= 4 is 5.69 Å². The van der Waals surface area contributed by atoms with Crippen LogP contribution in [0.2, 0.25) is 0 Å². The zero-order chi connectivity index (χ0) is 7.72. The minimum atomic E-state index is -0.0805. The van der Waals surface area contributed by atoms with Gasteiger partial charge in [-0.1, -0.05) is 6.07 Å². The number of nitrogens with two attached hydrogens (primary N) is 1. The molecule has 0 aliphatic heterocycles. The van der Waals surface area contributed by atoms with E-state index in [4.69, 9.17) is 15.9 Å². The second-order valence-electron chi connectivity index (χ2n) is 2.16. The summed E-state index contributed by atoms with van der Waals surface area (Å²) in [5.41, 5.74) is 5.99. The van der Waals surface area contributed by atoms with Gasteiger partial charge in [-0.05, 0) is 18.6 Å². The van der Waals surface area contributed by atoms with E-state index in [2.05, 4.69) is 0 Å². The molecule has 0 heterocycles. The van der Waals surface area contributed by atoms with Gasteiger partial charge in [0.05, 0.1) is 0 Å². The molecule has 0 aromatic heterocycles. The van der Waals surface area contributed by atoms with Gasteiger partial charge in [-0.15, -0.1) is 0 Å². The fraction of sp³-hybridized carbons (Fsp3) is 0.143. The van der Waals surface area contributed by atoms with E-state index < -0.39 is 0 Å². The smallest absolute Gasteiger partial charge is 0.145 e. The quantitative estimate of drug-likeness (QED) is 0.371. The van der Waals surface area contributed by atoms with Gasteiger partial charge in [0.2, 0.25) is 0 Å². The Labute approximate surface area is 58.7 Å². The number of nitrogen functional groups attached to an aromatic ring is 1. The SMILES string of the molecule is Cc1ccc(O)c(N)c1O. The molecule has 0 radical (unpaired) electrons. The molecule has 0 aliphatic carbocycles. The predicted octanol–water partition coefficient (Wildman–Crippen LogP) is 0.988. The summed E-state index contributed by atoms with van der Waals surface area (Å²) < 4.78 is 0. The summed E-state index contributed by atoms with van der Waals surface area (Å²) in [6.45, 7) is 1.71. The summed E-state index contributed by atoms with van der Waals surface area (Å²) in [6, 6.07) is 3.05. The van der Waals surface area contributed by atoms with Crippen LogP contribution in [0.4, 0.5) is 5.69 Å². The lowest BCUT2D eigenvalue weighted by molar-refractivity contribution is 0.453. The van der Waals surface area contributed by atoms with E-state index in [-0.39, 0.29) is 17.2 Å². The highest BCUT2D eigenvalue weighted by molar-refractivity contribution is 5.64. The molecule has 0 amide bonds. The van der Waals surface area contributed by atoms with Gasteiger partial charge in [0.15, 0.2) is 0 Å². The van der Waals surface area contributed by atoms with Crippen LogP contribution in [0.15, 0.2) is 12.1 Å². The highest BCUT2D eigenvalue weighted by Gasteiger charge is 2.03. The molecule has 0 fully saturated rings. The Morgan fingerprint density at radius 3 is 2.40 bits per heavy atom. The third kappa shape index (κ3) is 0.857. The lowest BCUT2D eigenvalue weighted by Gasteiger charge is -2.02. The molecule has 1 aromatic carbocycles. The first-order valence-electron chi connectivity index (χ1n) is 2.90. The van der Waals surface area contributed by atoms with Crippen LogP contribution in [0, 0.1) is 6.92 Å². The molecule has 54 valence electrons. The highest BCUT2D eigenvalue weighted by atomic mass is 16.3. The van der Waals surface area contributed by atoms with E-state index in [0.29, 0.717) is 5.56 Å². The maximum absolute atomic E-state index is 9.10. The van der Waals surface area contributed by atoms with Crippen LogP contribution in [-0.4, -0.2) is 10.2 Å². The number of benzene rings is 1. The van der Waals surface area contributed by atoms with Crippen molar-refractivity contribution in [2.75, 3.05) is 5.73 Å². The van der Waals surface area contributed by atoms with Crippen molar-refractivity contribution in [1.82, 2.24) is 0 Å². The van der Waals surface area contributed by atoms with Crippen LogP contribution in [0.25, 0.3) is 0 Å². The second-order valence-corrected chi connectivity index (χ2v) is 2.16. The Bertz CT molecular complexity index is 231. The molecule has 0 bridgehead atoms. The monoisotopic (exact) mass is 139 g/mol. The van der Waals surface area contributed by atoms with Crippen molar-refractivity contribution in [3.63, 3.8) is 0 Å². The maximum atomic E-state index is 9.10. The maximum Gasteiger partial charge on any atom is 0.145 e. The van der Waals surface area contributed by atoms with Crippen molar-refractivity contribution in [2.45, 2.75) is 6.92 Å². The van der Waals surface area contributed by atoms with E-state index in [0.717, 1.165) is 0 Å². The van der Waals surface area contributed by atoms with Gasteiger partial charge >= 0.3 is 0 Å². The fourth-order valence-corrected chi connectivity index (χ4v) is 0.706. The molecule has 0 unspecified atom stereocenters. The largest absolute Gasteiger partial charge is 0.506 e. The number of rotatable bonds is 0. The van der Waals surface area contributed by atoms with Crippen LogP contribution < -0.4 is 5.73 Å². The minimum Gasteiger partial charge on any atom is -0.506 e. The Morgan fingerprint density at radius 2 is 1.90 bits per heavy atom. The zero-order valence-electron chi connectivity index (χ0n) is 5.63. The predicted molar refractivity (Wildman–Crippen MR) is 38.9 cm³/mol. The third-order valence-corrected chi connectivity index (χ3v) is 1.40. The number of anilines is 1. The summed E-state index contributed by atoms with van der Waals surface area (Å²) in [6.07, 6.45) is 0. The number of phenols is 2. The molecule has 0 saturated heterocycles. The van der Waals surface area contributed by atoms with Crippen LogP contribution in [0.1, 0.15) is 5.56 Å². The van der Waals surface area contributed by atoms with Gasteiger partial charge < -0.3 is 15.9 Å². The summed E-state index contributed by atoms with van der Waals surface area (Å²) in [7, 11) is 0. The first-order chi connectivity index (χ1) is 4.63. The Hall–Kier alpha value is -1.38. The van der Waals surface area contributed by atoms with Gasteiger partial charge in [0.1, 0.15) is 17.2 Å². The summed E-state index contributed by atoms with van der Waals surface area (Å²) in [4.78, 5) is 0. The average molecular weight is 139 g/mol. The van der Waals surface area contributed by atoms with E-state index in [1.54, 1.807) is 13.0 Å². The van der Waals surface area contributed by atoms with Gasteiger partial charge in [-0.25, -0.2) is 0 Å². The lowest BCUT2D eigenvalue weighted by atomic mass is 10.2. The summed E-state index contributed by atoms with van der Waals surface area (Å²) >= 11 is 0. The zero-order valence-corrected chi connectivity index (χ0v) is 5.63. The van der Waals surface area contributed by atoms with Crippen molar-refractivity contribution in [3.05, 3.63) is 17.7 Å². The third-order valence-electron chi connectivity index (χ3n) is 1.40. The minimum absolute atomic E-state index is 0.0417. The molecule has 4 N–H and O–H groups in total. The fourth-order valence-electron chi connectivity index (χ4n) is 0.706. The molecule has 0 atom stereocenters. The standard InChI is InChI=1S/C7H9NO2/c1-4-2-3-5(9)6(8)7(4)10/h2-3,9-10H,8H2,1H3. The van der Waals surface area contributed by atoms with Gasteiger partial charge in [0.25, 0.3) is 0 Å². The Morgan fingerprint density at radius 1 is 1.30 bits per heavy atom. The van der Waals surface area contributed by atoms with Gasteiger partial charge in [-0.3, -0.25) is 0 Å². The van der Waals surface area contributed by atoms with Crippen LogP contribution in [0.3, 0.4) is 0 Å². The number of phenolic OH excluding ortho intramolecular Hbond substituents is 2. The molecule has 0 aliphatic rings. The number of aryl methyl sites for hydroxylation is 1. The van der Waals surface area contributed by atoms with E-state index >= 15 is 0 Å². The molecular formula is C7H9NO2. The molecule has 3 nitrogen and oxygen atoms in total. The normalized spacial score (nSPS) is 9.70. The molecule has 1 aromatic rings. The van der Waals surface area contributed by atoms with Crippen LogP contribution in [0.5, 0.6) is 11.5 Å². The van der Waals surface area contributed by atoms with Crippen molar-refractivity contribution in [1.29, 1.82) is 0 Å². The summed E-state index contributed by atoms with van der Waals surface area (Å²) in [5.74, 6) is -0.122. The first-order valence-corrected chi connectivity index (χ1v) is 2.90. The van der Waals surface area contributed by atoms with E-state index in [1.807, 2.05) is 0 Å². The van der Waals surface area contributed by atoms with Gasteiger partial charge in [0, 0.05) is 0 Å². The molecule has 3 heteroatoms. The second kappa shape index (κ2) is 2.10. The Balaban J connectivity index is 3.34. The lowest BCUT2D eigenvalue weighted by Crippen LogP contribution is -1.87. The Kier molecular flexibility index (Phi) is 1.41. The summed E-state index contributed by atoms with van der Waals surface area (Å²) in [5, 5.41) is 18.0. The van der Waals surface area contributed by atoms with Crippen molar-refractivity contribution in [2.24, 2.45) is 0 Å². The molecule has 0 saturated carbocycles. The van der Waals surface area contributed by atoms with E-state index in [9.17, 15) is 0 Å². The van der Waals surface area contributed by atoms with Crippen molar-refractivity contribution < 1.29 is 10.2 Å². The topological polar surface area (TPSA) is 66.5 Å². The molecular weight excluding hydrogens is 130 g/mol. The van der Waals surface area contributed by atoms with E-state index in [1.165, 1.54) is 6.07 Å². The average Bonchev–Trinajstić information content (AvgIpc) is 1.93. The molecule has 1 rings (SSSR count). The van der Waals surface area contributed by atoms with Gasteiger partial charge in [-0.2, -0.15) is 0 Å². The molecule has 10 heavy (non-hydrogen) atoms. The highest BCUT2D eigenvalue weighted by Crippen LogP contribution is 2.31. The number of hydrogen-bond acceptors (Lipinski definition) is 3. The van der Waals surface area contributed by atoms with Crippen LogP contribution >= 0.6 is 0 Å². The first kappa shape index (κ1) is 6.74.